The summed E-state index contributed by atoms with van der Waals surface area (Å²) in [7, 11) is 3.53. The van der Waals surface area contributed by atoms with Gasteiger partial charge in [0.15, 0.2) is 5.96 Å². The van der Waals surface area contributed by atoms with Gasteiger partial charge in [0.1, 0.15) is 6.54 Å². The van der Waals surface area contributed by atoms with E-state index in [4.69, 9.17) is 0 Å². The van der Waals surface area contributed by atoms with Crippen molar-refractivity contribution in [3.05, 3.63) is 22.4 Å². The molecular formula is C19H32N4OS2. The van der Waals surface area contributed by atoms with Gasteiger partial charge in [-0.3, -0.25) is 4.79 Å². The highest BCUT2D eigenvalue weighted by molar-refractivity contribution is 7.99. The number of carbonyl (C=O) groups excluding carboxylic acids is 1. The Balaban J connectivity index is 1.90. The summed E-state index contributed by atoms with van der Waals surface area (Å²) in [6.45, 7) is 3.23. The van der Waals surface area contributed by atoms with Crippen molar-refractivity contribution >= 4 is 35.0 Å². The lowest BCUT2D eigenvalue weighted by molar-refractivity contribution is -0.127. The molecule has 1 amide bonds. The number of amides is 1. The molecule has 0 bridgehead atoms. The maximum absolute atomic E-state index is 11.9. The van der Waals surface area contributed by atoms with Gasteiger partial charge in [-0.25, -0.2) is 4.99 Å². The maximum atomic E-state index is 11.9. The van der Waals surface area contributed by atoms with E-state index in [1.807, 2.05) is 0 Å². The average molecular weight is 397 g/mol. The van der Waals surface area contributed by atoms with Crippen LogP contribution in [0.25, 0.3) is 0 Å². The normalized spacial score (nSPS) is 20.7. The lowest BCUT2D eigenvalue weighted by Gasteiger charge is -2.30. The minimum atomic E-state index is 0.0208. The standard InChI is InChI=1S/C19H32N4OS2/c1-4-25-17-8-5-7-15(13-17)22-19(21-14-18(24)23(2)3)20-11-10-16-9-6-12-26-16/h6,9,12,15,17H,4-5,7-8,10-11,13-14H2,1-3H3,(H2,20,21,22). The molecule has 1 aromatic heterocycles. The molecule has 5 nitrogen and oxygen atoms in total. The van der Waals surface area contributed by atoms with E-state index in [1.165, 1.54) is 36.3 Å². The summed E-state index contributed by atoms with van der Waals surface area (Å²) in [6.07, 6.45) is 5.89. The zero-order chi connectivity index (χ0) is 18.8. The van der Waals surface area contributed by atoms with Gasteiger partial charge in [0.25, 0.3) is 0 Å². The van der Waals surface area contributed by atoms with Crippen LogP contribution in [0.4, 0.5) is 0 Å². The number of aliphatic imine (C=N–C) groups is 1. The van der Waals surface area contributed by atoms with Gasteiger partial charge >= 0.3 is 0 Å². The predicted octanol–water partition coefficient (Wildman–Crippen LogP) is 2.98. The van der Waals surface area contributed by atoms with Crippen molar-refractivity contribution in [2.45, 2.75) is 50.3 Å². The number of nitrogens with zero attached hydrogens (tertiary/aromatic N) is 2. The minimum Gasteiger partial charge on any atom is -0.356 e. The van der Waals surface area contributed by atoms with E-state index in [0.717, 1.165) is 24.2 Å². The van der Waals surface area contributed by atoms with Crippen LogP contribution in [0.15, 0.2) is 22.5 Å². The average Bonchev–Trinajstić information content (AvgIpc) is 3.13. The van der Waals surface area contributed by atoms with Gasteiger partial charge in [0.05, 0.1) is 0 Å². The summed E-state index contributed by atoms with van der Waals surface area (Å²) in [5, 5.41) is 9.83. The smallest absolute Gasteiger partial charge is 0.243 e. The van der Waals surface area contributed by atoms with Gasteiger partial charge in [-0.2, -0.15) is 11.8 Å². The van der Waals surface area contributed by atoms with Crippen LogP contribution in [-0.4, -0.2) is 61.0 Å². The molecule has 2 atom stereocenters. The molecule has 0 spiro atoms. The highest BCUT2D eigenvalue weighted by atomic mass is 32.2. The first kappa shape index (κ1) is 21.1. The van der Waals surface area contributed by atoms with Gasteiger partial charge in [-0.15, -0.1) is 11.3 Å². The second-order valence-corrected chi connectivity index (χ2v) is 9.40. The summed E-state index contributed by atoms with van der Waals surface area (Å²) >= 11 is 3.84. The van der Waals surface area contributed by atoms with E-state index in [2.05, 4.69) is 51.8 Å². The monoisotopic (exact) mass is 396 g/mol. The Kier molecular flexibility index (Phi) is 9.32. The lowest BCUT2D eigenvalue weighted by Crippen LogP contribution is -2.46. The molecule has 1 heterocycles. The van der Waals surface area contributed by atoms with E-state index in [9.17, 15) is 4.79 Å². The van der Waals surface area contributed by atoms with Gasteiger partial charge in [0.2, 0.25) is 5.91 Å². The fourth-order valence-electron chi connectivity index (χ4n) is 3.06. The molecule has 7 heteroatoms. The molecule has 1 aromatic rings. The molecule has 0 aliphatic heterocycles. The van der Waals surface area contributed by atoms with Crippen LogP contribution >= 0.6 is 23.1 Å². The molecule has 146 valence electrons. The highest BCUT2D eigenvalue weighted by Gasteiger charge is 2.22. The van der Waals surface area contributed by atoms with Crippen LogP contribution in [0.3, 0.4) is 0 Å². The number of hydrogen-bond donors (Lipinski definition) is 2. The second kappa shape index (κ2) is 11.5. The van der Waals surface area contributed by atoms with Crippen LogP contribution in [0.2, 0.25) is 0 Å². The van der Waals surface area contributed by atoms with Gasteiger partial charge in [0, 0.05) is 36.8 Å². The summed E-state index contributed by atoms with van der Waals surface area (Å²) in [5.74, 6) is 1.96. The molecule has 1 aliphatic rings. The number of thiophene rings is 1. The molecule has 2 unspecified atom stereocenters. The molecule has 0 saturated heterocycles. The quantitative estimate of drug-likeness (QED) is 0.524. The Bertz CT molecular complexity index is 558. The Hall–Kier alpha value is -1.21. The Morgan fingerprint density at radius 2 is 2.27 bits per heavy atom. The molecule has 26 heavy (non-hydrogen) atoms. The number of carbonyl (C=O) groups is 1. The third-order valence-corrected chi connectivity index (χ3v) is 6.65. The fraction of sp³-hybridized carbons (Fsp3) is 0.684. The number of hydrogen-bond acceptors (Lipinski definition) is 4. The predicted molar refractivity (Wildman–Crippen MR) is 114 cm³/mol. The number of guanidine groups is 1. The molecule has 1 saturated carbocycles. The molecule has 2 rings (SSSR count). The molecule has 1 aliphatic carbocycles. The van der Waals surface area contributed by atoms with Gasteiger partial charge in [-0.1, -0.05) is 19.4 Å². The molecule has 2 N–H and O–H groups in total. The first-order chi connectivity index (χ1) is 12.6. The largest absolute Gasteiger partial charge is 0.356 e. The molecule has 1 fully saturated rings. The van der Waals surface area contributed by atoms with Crippen molar-refractivity contribution in [2.24, 2.45) is 4.99 Å². The summed E-state index contributed by atoms with van der Waals surface area (Å²) in [5.41, 5.74) is 0. The van der Waals surface area contributed by atoms with E-state index >= 15 is 0 Å². The van der Waals surface area contributed by atoms with Gasteiger partial charge in [-0.05, 0) is 42.9 Å². The van der Waals surface area contributed by atoms with Gasteiger partial charge < -0.3 is 15.5 Å². The first-order valence-corrected chi connectivity index (χ1v) is 11.4. The first-order valence-electron chi connectivity index (χ1n) is 9.47. The van der Waals surface area contributed by atoms with Crippen molar-refractivity contribution < 1.29 is 4.79 Å². The molecular weight excluding hydrogens is 364 g/mol. The maximum Gasteiger partial charge on any atom is 0.243 e. The van der Waals surface area contributed by atoms with Crippen molar-refractivity contribution in [3.8, 4) is 0 Å². The number of nitrogens with one attached hydrogen (secondary N) is 2. The Labute approximate surface area is 166 Å². The van der Waals surface area contributed by atoms with E-state index in [1.54, 1.807) is 30.3 Å². The van der Waals surface area contributed by atoms with E-state index in [0.29, 0.717) is 6.04 Å². The Morgan fingerprint density at radius 1 is 1.42 bits per heavy atom. The van der Waals surface area contributed by atoms with Crippen LogP contribution in [0.1, 0.15) is 37.5 Å². The molecule has 0 aromatic carbocycles. The van der Waals surface area contributed by atoms with Crippen LogP contribution in [-0.2, 0) is 11.2 Å². The van der Waals surface area contributed by atoms with E-state index < -0.39 is 0 Å². The molecule has 0 radical (unpaired) electrons. The third-order valence-electron chi connectivity index (χ3n) is 4.48. The topological polar surface area (TPSA) is 56.7 Å². The van der Waals surface area contributed by atoms with Crippen molar-refractivity contribution in [1.29, 1.82) is 0 Å². The number of thioether (sulfide) groups is 1. The zero-order valence-corrected chi connectivity index (χ0v) is 17.8. The fourth-order valence-corrected chi connectivity index (χ4v) is 4.94. The Morgan fingerprint density at radius 3 is 2.96 bits per heavy atom. The number of likely N-dealkylation sites (N-methyl/N-ethyl adjacent to an activating group) is 1. The minimum absolute atomic E-state index is 0.0208. The van der Waals surface area contributed by atoms with Crippen LogP contribution in [0, 0.1) is 0 Å². The zero-order valence-electron chi connectivity index (χ0n) is 16.2. The van der Waals surface area contributed by atoms with E-state index in [-0.39, 0.29) is 12.5 Å². The lowest BCUT2D eigenvalue weighted by atomic mass is 9.95. The van der Waals surface area contributed by atoms with Crippen LogP contribution < -0.4 is 10.6 Å². The third kappa shape index (κ3) is 7.58. The summed E-state index contributed by atoms with van der Waals surface area (Å²) in [6, 6.07) is 4.67. The van der Waals surface area contributed by atoms with Crippen LogP contribution in [0.5, 0.6) is 0 Å². The SMILES string of the molecule is CCSC1CCCC(NC(=NCC(=O)N(C)C)NCCc2cccs2)C1. The summed E-state index contributed by atoms with van der Waals surface area (Å²) in [4.78, 5) is 19.4. The van der Waals surface area contributed by atoms with Crippen molar-refractivity contribution in [1.82, 2.24) is 15.5 Å². The van der Waals surface area contributed by atoms with Crippen molar-refractivity contribution in [3.63, 3.8) is 0 Å². The number of rotatable bonds is 8. The highest BCUT2D eigenvalue weighted by Crippen LogP contribution is 2.28. The second-order valence-electron chi connectivity index (χ2n) is 6.79. The van der Waals surface area contributed by atoms with Crippen molar-refractivity contribution in [2.75, 3.05) is 32.9 Å². The summed E-state index contributed by atoms with van der Waals surface area (Å²) < 4.78 is 0.